The Labute approximate surface area is 152 Å². The van der Waals surface area contributed by atoms with E-state index in [-0.39, 0.29) is 6.10 Å². The van der Waals surface area contributed by atoms with Crippen LogP contribution in [0.2, 0.25) is 0 Å². The van der Waals surface area contributed by atoms with Crippen LogP contribution in [0.15, 0.2) is 54.9 Å². The zero-order valence-electron chi connectivity index (χ0n) is 14.8. The summed E-state index contributed by atoms with van der Waals surface area (Å²) in [5.41, 5.74) is 3.17. The fraction of sp³-hybridized carbons (Fsp3) is 0.300. The van der Waals surface area contributed by atoms with Gasteiger partial charge in [0.1, 0.15) is 12.4 Å². The molecule has 1 aliphatic rings. The number of hydrogen-bond acceptors (Lipinski definition) is 5. The van der Waals surface area contributed by atoms with E-state index in [1.807, 2.05) is 30.3 Å². The van der Waals surface area contributed by atoms with E-state index in [4.69, 9.17) is 14.5 Å². The van der Waals surface area contributed by atoms with Crippen molar-refractivity contribution in [3.05, 3.63) is 66.2 Å². The van der Waals surface area contributed by atoms with Gasteiger partial charge in [-0.1, -0.05) is 36.4 Å². The molecule has 0 fully saturated rings. The van der Waals surface area contributed by atoms with E-state index in [9.17, 15) is 0 Å². The number of hydrogen-bond donors (Lipinski definition) is 1. The molecule has 0 saturated carbocycles. The number of pyridine rings is 1. The van der Waals surface area contributed by atoms with Crippen LogP contribution in [0.5, 0.6) is 5.88 Å². The van der Waals surface area contributed by atoms with E-state index in [1.165, 1.54) is 0 Å². The maximum Gasteiger partial charge on any atom is 0.217 e. The summed E-state index contributed by atoms with van der Waals surface area (Å²) in [6.07, 6.45) is 3.96. The molecule has 0 aliphatic carbocycles. The maximum absolute atomic E-state index is 5.96. The molecular weight excluding hydrogens is 328 g/mol. The Hall–Kier alpha value is -2.70. The van der Waals surface area contributed by atoms with Gasteiger partial charge in [0.25, 0.3) is 0 Å². The summed E-state index contributed by atoms with van der Waals surface area (Å²) in [5, 5.41) is 3.44. The first-order chi connectivity index (χ1) is 12.8. The van der Waals surface area contributed by atoms with Gasteiger partial charge in [0.15, 0.2) is 0 Å². The number of methoxy groups -OCH3 is 1. The molecule has 3 heterocycles. The number of imidazole rings is 1. The van der Waals surface area contributed by atoms with Crippen molar-refractivity contribution in [1.29, 1.82) is 0 Å². The molecule has 1 atom stereocenters. The van der Waals surface area contributed by atoms with Crippen LogP contribution in [0.1, 0.15) is 11.4 Å². The Morgan fingerprint density at radius 1 is 1.23 bits per heavy atom. The molecule has 0 bridgehead atoms. The van der Waals surface area contributed by atoms with Crippen molar-refractivity contribution in [3.8, 4) is 17.1 Å². The Balaban J connectivity index is 1.36. The first-order valence-corrected chi connectivity index (χ1v) is 8.75. The van der Waals surface area contributed by atoms with E-state index < -0.39 is 0 Å². The number of nitrogens with zero attached hydrogens (tertiary/aromatic N) is 3. The third-order valence-corrected chi connectivity index (χ3v) is 4.51. The van der Waals surface area contributed by atoms with Gasteiger partial charge in [-0.3, -0.25) is 0 Å². The standard InChI is InChI=1S/C20H22N4O2/c1-25-20-16(8-5-9-22-20)10-21-11-17-12-24-13-18(23-19(24)14-26-17)15-6-3-2-4-7-15/h2-9,13,17,21H,10-12,14H2,1H3/t17-/m0/s1. The highest BCUT2D eigenvalue weighted by atomic mass is 16.5. The van der Waals surface area contributed by atoms with Gasteiger partial charge in [0.05, 0.1) is 25.5 Å². The predicted octanol–water partition coefficient (Wildman–Crippen LogP) is 2.64. The second-order valence-electron chi connectivity index (χ2n) is 6.30. The molecule has 0 unspecified atom stereocenters. The summed E-state index contributed by atoms with van der Waals surface area (Å²) >= 11 is 0. The molecule has 4 rings (SSSR count). The second kappa shape index (κ2) is 7.68. The number of rotatable bonds is 6. The predicted molar refractivity (Wildman–Crippen MR) is 98.7 cm³/mol. The van der Waals surface area contributed by atoms with E-state index in [0.29, 0.717) is 19.0 Å². The number of aromatic nitrogens is 3. The van der Waals surface area contributed by atoms with Gasteiger partial charge in [-0.05, 0) is 6.07 Å². The Morgan fingerprint density at radius 2 is 2.12 bits per heavy atom. The van der Waals surface area contributed by atoms with Gasteiger partial charge in [0.2, 0.25) is 5.88 Å². The molecule has 3 aromatic rings. The summed E-state index contributed by atoms with van der Waals surface area (Å²) in [5.74, 6) is 1.64. The summed E-state index contributed by atoms with van der Waals surface area (Å²) in [6.45, 7) is 2.79. The molecule has 0 spiro atoms. The largest absolute Gasteiger partial charge is 0.481 e. The molecule has 0 amide bonds. The fourth-order valence-corrected chi connectivity index (χ4v) is 3.17. The molecule has 2 aromatic heterocycles. The summed E-state index contributed by atoms with van der Waals surface area (Å²) < 4.78 is 13.4. The molecular formula is C20H22N4O2. The van der Waals surface area contributed by atoms with Gasteiger partial charge in [-0.2, -0.15) is 0 Å². The van der Waals surface area contributed by atoms with Gasteiger partial charge in [0, 0.05) is 36.6 Å². The van der Waals surface area contributed by atoms with Crippen LogP contribution in [-0.4, -0.2) is 34.3 Å². The lowest BCUT2D eigenvalue weighted by atomic mass is 10.2. The van der Waals surface area contributed by atoms with Crippen LogP contribution in [0.4, 0.5) is 0 Å². The van der Waals surface area contributed by atoms with Crippen molar-refractivity contribution in [3.63, 3.8) is 0 Å². The van der Waals surface area contributed by atoms with Crippen LogP contribution in [0.3, 0.4) is 0 Å². The van der Waals surface area contributed by atoms with E-state index in [2.05, 4.69) is 33.2 Å². The average Bonchev–Trinajstić information content (AvgIpc) is 3.12. The number of benzene rings is 1. The lowest BCUT2D eigenvalue weighted by Crippen LogP contribution is -2.36. The topological polar surface area (TPSA) is 61.2 Å². The fourth-order valence-electron chi connectivity index (χ4n) is 3.17. The van der Waals surface area contributed by atoms with Crippen molar-refractivity contribution in [1.82, 2.24) is 19.9 Å². The molecule has 134 valence electrons. The summed E-state index contributed by atoms with van der Waals surface area (Å²) in [6, 6.07) is 14.2. The van der Waals surface area contributed by atoms with Crippen LogP contribution >= 0.6 is 0 Å². The van der Waals surface area contributed by atoms with Gasteiger partial charge in [-0.15, -0.1) is 0 Å². The molecule has 0 radical (unpaired) electrons. The average molecular weight is 350 g/mol. The molecule has 1 aliphatic heterocycles. The highest BCUT2D eigenvalue weighted by Crippen LogP contribution is 2.22. The molecule has 1 N–H and O–H groups in total. The third-order valence-electron chi connectivity index (χ3n) is 4.51. The van der Waals surface area contributed by atoms with Crippen LogP contribution in [0.25, 0.3) is 11.3 Å². The Morgan fingerprint density at radius 3 is 2.96 bits per heavy atom. The number of nitrogens with one attached hydrogen (secondary N) is 1. The van der Waals surface area contributed by atoms with Crippen LogP contribution < -0.4 is 10.1 Å². The zero-order valence-corrected chi connectivity index (χ0v) is 14.8. The Bertz CT molecular complexity index is 863. The lowest BCUT2D eigenvalue weighted by Gasteiger charge is -2.24. The van der Waals surface area contributed by atoms with Crippen LogP contribution in [0, 0.1) is 0 Å². The van der Waals surface area contributed by atoms with Crippen molar-refractivity contribution in [2.75, 3.05) is 13.7 Å². The smallest absolute Gasteiger partial charge is 0.217 e. The molecule has 1 aromatic carbocycles. The summed E-state index contributed by atoms with van der Waals surface area (Å²) in [4.78, 5) is 8.92. The highest BCUT2D eigenvalue weighted by molar-refractivity contribution is 5.58. The first-order valence-electron chi connectivity index (χ1n) is 8.75. The van der Waals surface area contributed by atoms with Gasteiger partial charge < -0.3 is 19.4 Å². The van der Waals surface area contributed by atoms with Crippen molar-refractivity contribution in [2.45, 2.75) is 25.8 Å². The molecule has 6 nitrogen and oxygen atoms in total. The lowest BCUT2D eigenvalue weighted by molar-refractivity contribution is 0.00275. The number of fused-ring (bicyclic) bond motifs is 1. The first kappa shape index (κ1) is 16.8. The minimum absolute atomic E-state index is 0.114. The normalized spacial score (nSPS) is 16.3. The van der Waals surface area contributed by atoms with E-state index in [1.54, 1.807) is 13.3 Å². The monoisotopic (exact) mass is 350 g/mol. The van der Waals surface area contributed by atoms with Crippen molar-refractivity contribution < 1.29 is 9.47 Å². The second-order valence-corrected chi connectivity index (χ2v) is 6.30. The van der Waals surface area contributed by atoms with Crippen molar-refractivity contribution >= 4 is 0 Å². The summed E-state index contributed by atoms with van der Waals surface area (Å²) in [7, 11) is 1.64. The van der Waals surface area contributed by atoms with E-state index >= 15 is 0 Å². The van der Waals surface area contributed by atoms with Gasteiger partial charge >= 0.3 is 0 Å². The SMILES string of the molecule is COc1ncccc1CNC[C@H]1Cn2cc(-c3ccccc3)nc2CO1. The maximum atomic E-state index is 5.96. The quantitative estimate of drug-likeness (QED) is 0.741. The number of ether oxygens (including phenoxy) is 2. The minimum atomic E-state index is 0.114. The molecule has 6 heteroatoms. The van der Waals surface area contributed by atoms with Crippen LogP contribution in [-0.2, 0) is 24.4 Å². The van der Waals surface area contributed by atoms with Gasteiger partial charge in [-0.25, -0.2) is 9.97 Å². The van der Waals surface area contributed by atoms with Crippen molar-refractivity contribution in [2.24, 2.45) is 0 Å². The highest BCUT2D eigenvalue weighted by Gasteiger charge is 2.21. The van der Waals surface area contributed by atoms with E-state index in [0.717, 1.165) is 35.7 Å². The third kappa shape index (κ3) is 3.61. The molecule has 26 heavy (non-hydrogen) atoms. The zero-order chi connectivity index (χ0) is 17.8. The minimum Gasteiger partial charge on any atom is -0.481 e. The Kier molecular flexibility index (Phi) is 4.95. The molecule has 0 saturated heterocycles.